The largest absolute Gasteiger partial charge is 0.345 e. The number of nitrogens with one attached hydrogen (secondary N) is 2. The zero-order valence-electron chi connectivity index (χ0n) is 21.2. The van der Waals surface area contributed by atoms with Gasteiger partial charge in [0.2, 0.25) is 11.0 Å². The Balaban J connectivity index is 1.50. The van der Waals surface area contributed by atoms with Crippen molar-refractivity contribution in [3.63, 3.8) is 0 Å². The van der Waals surface area contributed by atoms with Gasteiger partial charge in [0, 0.05) is 17.7 Å². The Kier molecular flexibility index (Phi) is 9.27. The number of thioether (sulfide) groups is 2. The SMILES string of the molecule is CCSc1nnc(NC(=O)CSc2nnc(CNC(=O)c3ccc([N+](=O)[O-])cc3)n2-c2cc(C)ccc2C)s1. The zero-order valence-corrected chi connectivity index (χ0v) is 23.7. The Morgan fingerprint density at radius 2 is 1.82 bits per heavy atom. The van der Waals surface area contributed by atoms with Gasteiger partial charge in [-0.3, -0.25) is 29.6 Å². The lowest BCUT2D eigenvalue weighted by Gasteiger charge is -2.14. The van der Waals surface area contributed by atoms with Crippen LogP contribution in [0.15, 0.2) is 52.0 Å². The minimum absolute atomic E-state index is 0.0472. The van der Waals surface area contributed by atoms with E-state index in [-0.39, 0.29) is 29.5 Å². The Morgan fingerprint density at radius 1 is 1.05 bits per heavy atom. The van der Waals surface area contributed by atoms with E-state index in [2.05, 4.69) is 31.0 Å². The van der Waals surface area contributed by atoms with Gasteiger partial charge in [0.15, 0.2) is 15.3 Å². The van der Waals surface area contributed by atoms with Crippen molar-refractivity contribution >= 4 is 57.5 Å². The second kappa shape index (κ2) is 12.8. The monoisotopic (exact) mass is 584 g/mol. The minimum Gasteiger partial charge on any atom is -0.345 e. The molecule has 12 nitrogen and oxygen atoms in total. The van der Waals surface area contributed by atoms with Crippen molar-refractivity contribution in [3.05, 3.63) is 75.1 Å². The maximum Gasteiger partial charge on any atom is 0.269 e. The summed E-state index contributed by atoms with van der Waals surface area (Å²) in [6, 6.07) is 11.3. The lowest BCUT2D eigenvalue weighted by atomic mass is 10.1. The summed E-state index contributed by atoms with van der Waals surface area (Å²) in [6.45, 7) is 5.99. The number of hydrogen-bond acceptors (Lipinski definition) is 11. The molecule has 0 saturated heterocycles. The van der Waals surface area contributed by atoms with Crippen LogP contribution in [0.1, 0.15) is 34.2 Å². The second-order valence-electron chi connectivity index (χ2n) is 8.15. The molecule has 0 aliphatic rings. The Hall–Kier alpha value is -3.82. The molecule has 39 heavy (non-hydrogen) atoms. The molecule has 2 aromatic carbocycles. The van der Waals surface area contributed by atoms with Crippen LogP contribution in [0, 0.1) is 24.0 Å². The van der Waals surface area contributed by atoms with Gasteiger partial charge in [0.1, 0.15) is 0 Å². The normalized spacial score (nSPS) is 10.8. The van der Waals surface area contributed by atoms with Crippen LogP contribution < -0.4 is 10.6 Å². The van der Waals surface area contributed by atoms with Gasteiger partial charge in [0.05, 0.1) is 22.9 Å². The number of amides is 2. The summed E-state index contributed by atoms with van der Waals surface area (Å²) in [7, 11) is 0. The molecule has 202 valence electrons. The lowest BCUT2D eigenvalue weighted by molar-refractivity contribution is -0.384. The molecule has 0 bridgehead atoms. The van der Waals surface area contributed by atoms with E-state index in [1.165, 1.54) is 47.4 Å². The van der Waals surface area contributed by atoms with E-state index in [1.807, 2.05) is 43.5 Å². The highest BCUT2D eigenvalue weighted by molar-refractivity contribution is 8.01. The molecule has 4 rings (SSSR count). The molecule has 0 unspecified atom stereocenters. The van der Waals surface area contributed by atoms with Gasteiger partial charge in [-0.25, -0.2) is 0 Å². The fourth-order valence-corrected chi connectivity index (χ4v) is 5.86. The first kappa shape index (κ1) is 28.2. The molecule has 0 spiro atoms. The first-order valence-electron chi connectivity index (χ1n) is 11.7. The first-order chi connectivity index (χ1) is 18.7. The van der Waals surface area contributed by atoms with Crippen molar-refractivity contribution in [2.75, 3.05) is 16.8 Å². The van der Waals surface area contributed by atoms with Crippen LogP contribution in [0.4, 0.5) is 10.8 Å². The summed E-state index contributed by atoms with van der Waals surface area (Å²) in [5, 5.41) is 34.0. The fraction of sp³-hybridized carbons (Fsp3) is 0.250. The van der Waals surface area contributed by atoms with Crippen LogP contribution in [-0.2, 0) is 11.3 Å². The molecular weight excluding hydrogens is 561 g/mol. The van der Waals surface area contributed by atoms with Gasteiger partial charge in [-0.05, 0) is 48.9 Å². The van der Waals surface area contributed by atoms with Crippen LogP contribution in [-0.4, -0.2) is 53.2 Å². The third kappa shape index (κ3) is 7.19. The molecule has 0 fully saturated rings. The summed E-state index contributed by atoms with van der Waals surface area (Å²) < 4.78 is 2.60. The van der Waals surface area contributed by atoms with Crippen molar-refractivity contribution in [2.24, 2.45) is 0 Å². The quantitative estimate of drug-likeness (QED) is 0.112. The van der Waals surface area contributed by atoms with Gasteiger partial charge >= 0.3 is 0 Å². The second-order valence-corrected chi connectivity index (χ2v) is 11.6. The number of nitrogens with zero attached hydrogens (tertiary/aromatic N) is 6. The number of aromatic nitrogens is 5. The molecule has 15 heteroatoms. The van der Waals surface area contributed by atoms with Crippen LogP contribution >= 0.6 is 34.9 Å². The Labute approximate surface area is 236 Å². The average molecular weight is 585 g/mol. The third-order valence-electron chi connectivity index (χ3n) is 5.31. The summed E-state index contributed by atoms with van der Waals surface area (Å²) in [5.74, 6) is 0.725. The summed E-state index contributed by atoms with van der Waals surface area (Å²) >= 11 is 4.08. The highest BCUT2D eigenvalue weighted by atomic mass is 32.2. The topological polar surface area (TPSA) is 158 Å². The van der Waals surface area contributed by atoms with E-state index < -0.39 is 10.8 Å². The predicted molar refractivity (Wildman–Crippen MR) is 151 cm³/mol. The molecule has 2 aromatic heterocycles. The minimum atomic E-state index is -0.523. The Bertz CT molecular complexity index is 1500. The zero-order chi connectivity index (χ0) is 27.9. The van der Waals surface area contributed by atoms with Crippen molar-refractivity contribution in [1.29, 1.82) is 0 Å². The van der Waals surface area contributed by atoms with Crippen LogP contribution in [0.5, 0.6) is 0 Å². The molecule has 2 amide bonds. The molecule has 4 aromatic rings. The van der Waals surface area contributed by atoms with Crippen molar-refractivity contribution < 1.29 is 14.5 Å². The number of rotatable bonds is 11. The molecule has 0 saturated carbocycles. The lowest BCUT2D eigenvalue weighted by Crippen LogP contribution is -2.24. The van der Waals surface area contributed by atoms with Crippen LogP contribution in [0.2, 0.25) is 0 Å². The van der Waals surface area contributed by atoms with Gasteiger partial charge in [-0.2, -0.15) is 0 Å². The maximum atomic E-state index is 12.7. The number of carbonyl (C=O) groups is 2. The molecule has 0 radical (unpaired) electrons. The van der Waals surface area contributed by atoms with E-state index in [9.17, 15) is 19.7 Å². The van der Waals surface area contributed by atoms with Gasteiger partial charge < -0.3 is 5.32 Å². The van der Waals surface area contributed by atoms with E-state index in [1.54, 1.807) is 11.8 Å². The standard InChI is InChI=1S/C24H24N8O4S3/c1-4-37-24-30-28-22(39-24)26-20(33)13-38-23-29-27-19(31(23)18-11-14(2)5-6-15(18)3)12-25-21(34)16-7-9-17(10-8-16)32(35)36/h5-11H,4,12-13H2,1-3H3,(H,25,34)(H,26,28,33). The highest BCUT2D eigenvalue weighted by Crippen LogP contribution is 2.27. The van der Waals surface area contributed by atoms with Gasteiger partial charge in [-0.15, -0.1) is 20.4 Å². The number of benzene rings is 2. The summed E-state index contributed by atoms with van der Waals surface area (Å²) in [4.78, 5) is 35.7. The van der Waals surface area contributed by atoms with Gasteiger partial charge in [-0.1, -0.05) is 53.9 Å². The maximum absolute atomic E-state index is 12.7. The summed E-state index contributed by atoms with van der Waals surface area (Å²) in [6.07, 6.45) is 0. The van der Waals surface area contributed by atoms with E-state index >= 15 is 0 Å². The average Bonchev–Trinajstić information content (AvgIpc) is 3.54. The number of anilines is 1. The first-order valence-corrected chi connectivity index (χ1v) is 14.5. The van der Waals surface area contributed by atoms with Crippen molar-refractivity contribution in [3.8, 4) is 5.69 Å². The highest BCUT2D eigenvalue weighted by Gasteiger charge is 2.19. The molecule has 0 atom stereocenters. The number of hydrogen-bond donors (Lipinski definition) is 2. The van der Waals surface area contributed by atoms with E-state index in [0.29, 0.717) is 16.1 Å². The van der Waals surface area contributed by atoms with E-state index in [0.717, 1.165) is 26.9 Å². The Morgan fingerprint density at radius 3 is 2.54 bits per heavy atom. The smallest absolute Gasteiger partial charge is 0.269 e. The van der Waals surface area contributed by atoms with Crippen molar-refractivity contribution in [2.45, 2.75) is 36.8 Å². The summed E-state index contributed by atoms with van der Waals surface area (Å²) in [5.41, 5.74) is 2.99. The van der Waals surface area contributed by atoms with Crippen LogP contribution in [0.25, 0.3) is 5.69 Å². The molecule has 2 heterocycles. The van der Waals surface area contributed by atoms with E-state index in [4.69, 9.17) is 0 Å². The molecule has 2 N–H and O–H groups in total. The number of aryl methyl sites for hydroxylation is 2. The number of non-ortho nitro benzene ring substituents is 1. The molecule has 0 aliphatic heterocycles. The van der Waals surface area contributed by atoms with Crippen LogP contribution in [0.3, 0.4) is 0 Å². The molecular formula is C24H24N8O4S3. The third-order valence-corrected chi connectivity index (χ3v) is 8.09. The van der Waals surface area contributed by atoms with Gasteiger partial charge in [0.25, 0.3) is 11.6 Å². The predicted octanol–water partition coefficient (Wildman–Crippen LogP) is 4.42. The number of nitro benzene ring substituents is 1. The molecule has 0 aliphatic carbocycles. The van der Waals surface area contributed by atoms with Crippen molar-refractivity contribution in [1.82, 2.24) is 30.3 Å². The number of carbonyl (C=O) groups excluding carboxylic acids is 2. The number of nitro groups is 1. The fourth-order valence-electron chi connectivity index (χ4n) is 3.43.